The van der Waals surface area contributed by atoms with E-state index in [0.717, 1.165) is 19.5 Å². The second kappa shape index (κ2) is 6.60. The molecule has 3 atom stereocenters. The van der Waals surface area contributed by atoms with E-state index >= 15 is 0 Å². The van der Waals surface area contributed by atoms with Crippen molar-refractivity contribution in [1.29, 1.82) is 0 Å². The van der Waals surface area contributed by atoms with Gasteiger partial charge in [-0.25, -0.2) is 0 Å². The monoisotopic (exact) mass is 295 g/mol. The number of morpholine rings is 1. The molecule has 0 aromatic rings. The van der Waals surface area contributed by atoms with Gasteiger partial charge in [0.15, 0.2) is 0 Å². The first-order valence-electron chi connectivity index (χ1n) is 7.31. The topological polar surface area (TPSA) is 41.7 Å². The molecule has 2 aliphatic heterocycles. The lowest BCUT2D eigenvalue weighted by Gasteiger charge is -2.35. The molecule has 7 heteroatoms. The third-order valence-corrected chi connectivity index (χ3v) is 4.36. The van der Waals surface area contributed by atoms with Gasteiger partial charge in [-0.1, -0.05) is 6.92 Å². The van der Waals surface area contributed by atoms with Crippen LogP contribution in [0.3, 0.4) is 0 Å². The maximum atomic E-state index is 13.2. The number of likely N-dealkylation sites (tertiary alicyclic amines) is 1. The Bertz CT molecular complexity index is 308. The molecule has 2 saturated heterocycles. The summed E-state index contributed by atoms with van der Waals surface area (Å²) < 4.78 is 45.0. The molecular formula is C13H24F3N3O. The van der Waals surface area contributed by atoms with Crippen molar-refractivity contribution in [2.75, 3.05) is 39.4 Å². The molecule has 2 heterocycles. The lowest BCUT2D eigenvalue weighted by molar-refractivity contribution is -0.187. The number of halogens is 3. The van der Waals surface area contributed by atoms with Crippen LogP contribution in [0, 0.1) is 0 Å². The van der Waals surface area contributed by atoms with Crippen molar-refractivity contribution in [2.45, 2.75) is 44.1 Å². The molecule has 0 aromatic heterocycles. The maximum absolute atomic E-state index is 13.2. The average molecular weight is 295 g/mol. The minimum Gasteiger partial charge on any atom is -0.379 e. The maximum Gasteiger partial charge on any atom is 0.405 e. The SMILES string of the molecule is CCC(N)C(N1CCC(N2CCOCC2)C1)C(F)(F)F. The highest BCUT2D eigenvalue weighted by Gasteiger charge is 2.48. The first kappa shape index (κ1) is 16.0. The summed E-state index contributed by atoms with van der Waals surface area (Å²) >= 11 is 0. The molecule has 0 amide bonds. The van der Waals surface area contributed by atoms with Crippen molar-refractivity contribution in [3.05, 3.63) is 0 Å². The predicted octanol–water partition coefficient (Wildman–Crippen LogP) is 1.06. The molecule has 20 heavy (non-hydrogen) atoms. The Morgan fingerprint density at radius 3 is 2.45 bits per heavy atom. The largest absolute Gasteiger partial charge is 0.405 e. The second-order valence-corrected chi connectivity index (χ2v) is 5.64. The van der Waals surface area contributed by atoms with Gasteiger partial charge in [-0.3, -0.25) is 9.80 Å². The summed E-state index contributed by atoms with van der Waals surface area (Å²) in [6.07, 6.45) is -3.14. The molecule has 3 unspecified atom stereocenters. The first-order valence-corrected chi connectivity index (χ1v) is 7.31. The van der Waals surface area contributed by atoms with Crippen LogP contribution < -0.4 is 5.73 Å². The Kier molecular flexibility index (Phi) is 5.28. The molecule has 2 N–H and O–H groups in total. The minimum atomic E-state index is -4.25. The molecule has 0 spiro atoms. The van der Waals surface area contributed by atoms with Crippen LogP contribution in [0.15, 0.2) is 0 Å². The molecule has 0 saturated carbocycles. The smallest absolute Gasteiger partial charge is 0.379 e. The second-order valence-electron chi connectivity index (χ2n) is 5.64. The van der Waals surface area contributed by atoms with Crippen molar-refractivity contribution in [3.63, 3.8) is 0 Å². The lowest BCUT2D eigenvalue weighted by Crippen LogP contribution is -2.56. The van der Waals surface area contributed by atoms with E-state index in [2.05, 4.69) is 4.90 Å². The van der Waals surface area contributed by atoms with Crippen LogP contribution in [0.4, 0.5) is 13.2 Å². The molecule has 2 rings (SSSR count). The van der Waals surface area contributed by atoms with Gasteiger partial charge in [-0.05, 0) is 12.8 Å². The molecule has 2 aliphatic rings. The first-order chi connectivity index (χ1) is 9.43. The van der Waals surface area contributed by atoms with Gasteiger partial charge in [0.2, 0.25) is 0 Å². The van der Waals surface area contributed by atoms with E-state index in [-0.39, 0.29) is 6.04 Å². The number of alkyl halides is 3. The van der Waals surface area contributed by atoms with E-state index in [4.69, 9.17) is 10.5 Å². The average Bonchev–Trinajstić information content (AvgIpc) is 2.87. The molecule has 118 valence electrons. The highest BCUT2D eigenvalue weighted by atomic mass is 19.4. The van der Waals surface area contributed by atoms with Crippen LogP contribution in [0.25, 0.3) is 0 Å². The standard InChI is InChI=1S/C13H24F3N3O/c1-2-11(17)12(13(14,15)16)19-4-3-10(9-19)18-5-7-20-8-6-18/h10-12H,2-9,17H2,1H3. The highest BCUT2D eigenvalue weighted by Crippen LogP contribution is 2.31. The summed E-state index contributed by atoms with van der Waals surface area (Å²) in [5.41, 5.74) is 5.71. The van der Waals surface area contributed by atoms with Gasteiger partial charge in [0.25, 0.3) is 0 Å². The predicted molar refractivity (Wildman–Crippen MR) is 70.5 cm³/mol. The summed E-state index contributed by atoms with van der Waals surface area (Å²) in [7, 11) is 0. The fourth-order valence-electron chi connectivity index (χ4n) is 3.21. The molecule has 4 nitrogen and oxygen atoms in total. The number of ether oxygens (including phenoxy) is 1. The van der Waals surface area contributed by atoms with Gasteiger partial charge >= 0.3 is 6.18 Å². The van der Waals surface area contributed by atoms with E-state index in [0.29, 0.717) is 32.7 Å². The summed E-state index contributed by atoms with van der Waals surface area (Å²) in [5, 5.41) is 0. The fourth-order valence-corrected chi connectivity index (χ4v) is 3.21. The summed E-state index contributed by atoms with van der Waals surface area (Å²) in [5.74, 6) is 0. The zero-order chi connectivity index (χ0) is 14.8. The van der Waals surface area contributed by atoms with Crippen LogP contribution in [0.5, 0.6) is 0 Å². The Balaban J connectivity index is 1.98. The van der Waals surface area contributed by atoms with Crippen molar-refractivity contribution < 1.29 is 17.9 Å². The Hall–Kier alpha value is -0.370. The van der Waals surface area contributed by atoms with Crippen molar-refractivity contribution in [3.8, 4) is 0 Å². The van der Waals surface area contributed by atoms with Gasteiger partial charge in [-0.2, -0.15) is 13.2 Å². The van der Waals surface area contributed by atoms with Gasteiger partial charge in [0.05, 0.1) is 13.2 Å². The summed E-state index contributed by atoms with van der Waals surface area (Å²) in [4.78, 5) is 3.77. The fraction of sp³-hybridized carbons (Fsp3) is 1.00. The van der Waals surface area contributed by atoms with Crippen LogP contribution in [-0.2, 0) is 4.74 Å². The zero-order valence-corrected chi connectivity index (χ0v) is 11.9. The molecule has 0 bridgehead atoms. The number of hydrogen-bond acceptors (Lipinski definition) is 4. The van der Waals surface area contributed by atoms with Gasteiger partial charge in [0, 0.05) is 38.3 Å². The van der Waals surface area contributed by atoms with E-state index in [1.54, 1.807) is 6.92 Å². The Labute approximate surface area is 118 Å². The Morgan fingerprint density at radius 1 is 1.25 bits per heavy atom. The van der Waals surface area contributed by atoms with Gasteiger partial charge < -0.3 is 10.5 Å². The quantitative estimate of drug-likeness (QED) is 0.842. The normalized spacial score (nSPS) is 29.6. The Morgan fingerprint density at radius 2 is 1.90 bits per heavy atom. The van der Waals surface area contributed by atoms with E-state index in [1.807, 2.05) is 0 Å². The number of nitrogens with two attached hydrogens (primary N) is 1. The van der Waals surface area contributed by atoms with Crippen LogP contribution in [-0.4, -0.2) is 73.5 Å². The van der Waals surface area contributed by atoms with Crippen LogP contribution >= 0.6 is 0 Å². The van der Waals surface area contributed by atoms with Crippen molar-refractivity contribution in [1.82, 2.24) is 9.80 Å². The highest BCUT2D eigenvalue weighted by molar-refractivity contribution is 4.94. The zero-order valence-electron chi connectivity index (χ0n) is 11.9. The van der Waals surface area contributed by atoms with E-state index in [9.17, 15) is 13.2 Å². The third kappa shape index (κ3) is 3.63. The van der Waals surface area contributed by atoms with Gasteiger partial charge in [-0.15, -0.1) is 0 Å². The number of rotatable bonds is 4. The molecule has 0 aromatic carbocycles. The number of nitrogens with zero attached hydrogens (tertiary/aromatic N) is 2. The van der Waals surface area contributed by atoms with E-state index < -0.39 is 18.3 Å². The number of hydrogen-bond donors (Lipinski definition) is 1. The molecule has 0 aliphatic carbocycles. The van der Waals surface area contributed by atoms with E-state index in [1.165, 1.54) is 4.90 Å². The third-order valence-electron chi connectivity index (χ3n) is 4.36. The van der Waals surface area contributed by atoms with Gasteiger partial charge in [0.1, 0.15) is 6.04 Å². The molecular weight excluding hydrogens is 271 g/mol. The lowest BCUT2D eigenvalue weighted by atomic mass is 10.0. The van der Waals surface area contributed by atoms with Crippen molar-refractivity contribution in [2.24, 2.45) is 5.73 Å². The summed E-state index contributed by atoms with van der Waals surface area (Å²) in [6.45, 7) is 5.61. The molecule has 2 fully saturated rings. The van der Waals surface area contributed by atoms with Crippen LogP contribution in [0.1, 0.15) is 19.8 Å². The van der Waals surface area contributed by atoms with Crippen LogP contribution in [0.2, 0.25) is 0 Å². The molecule has 0 radical (unpaired) electrons. The summed E-state index contributed by atoms with van der Waals surface area (Å²) in [6, 6.07) is -2.16. The minimum absolute atomic E-state index is 0.202. The van der Waals surface area contributed by atoms with Crippen molar-refractivity contribution >= 4 is 0 Å².